The molecule has 7 nitrogen and oxygen atoms in total. The molecule has 0 bridgehead atoms. The number of unbranched alkanes of at least 4 members (excludes halogenated alkanes) is 6. The van der Waals surface area contributed by atoms with Crippen molar-refractivity contribution in [3.63, 3.8) is 0 Å². The molecule has 0 unspecified atom stereocenters. The van der Waals surface area contributed by atoms with Gasteiger partial charge in [0.05, 0.1) is 16.8 Å². The lowest BCUT2D eigenvalue weighted by Crippen LogP contribution is -2.35. The lowest BCUT2D eigenvalue weighted by Gasteiger charge is -2.24. The highest BCUT2D eigenvalue weighted by Gasteiger charge is 2.25. The number of anilines is 1. The summed E-state index contributed by atoms with van der Waals surface area (Å²) in [4.78, 5) is 27.7. The topological polar surface area (TPSA) is 67.2 Å². The summed E-state index contributed by atoms with van der Waals surface area (Å²) in [7, 11) is 0. The van der Waals surface area contributed by atoms with Gasteiger partial charge in [-0.3, -0.25) is 4.79 Å². The number of amides is 1. The molecule has 2 aromatic heterocycles. The second kappa shape index (κ2) is 14.2. The number of nitrogens with zero attached hydrogens (tertiary/aromatic N) is 6. The van der Waals surface area contributed by atoms with Gasteiger partial charge in [-0.15, -0.1) is 0 Å². The maximum absolute atomic E-state index is 13.1. The minimum atomic E-state index is 0.297. The quantitative estimate of drug-likeness (QED) is 0.179. The van der Waals surface area contributed by atoms with E-state index in [2.05, 4.69) is 53.1 Å². The van der Waals surface area contributed by atoms with Gasteiger partial charge in [-0.25, -0.2) is 14.6 Å². The Morgan fingerprint density at radius 3 is 2.27 bits per heavy atom. The predicted molar refractivity (Wildman–Crippen MR) is 167 cm³/mol. The van der Waals surface area contributed by atoms with Crippen molar-refractivity contribution in [3.05, 3.63) is 77.7 Å². The van der Waals surface area contributed by atoms with Gasteiger partial charge in [0.1, 0.15) is 11.6 Å². The van der Waals surface area contributed by atoms with Gasteiger partial charge >= 0.3 is 0 Å². The van der Waals surface area contributed by atoms with Gasteiger partial charge < -0.3 is 9.80 Å². The van der Waals surface area contributed by atoms with Crippen LogP contribution in [0.1, 0.15) is 81.8 Å². The number of fused-ring (bicyclic) bond motifs is 1. The van der Waals surface area contributed by atoms with E-state index in [1.54, 1.807) is 0 Å². The zero-order chi connectivity index (χ0) is 28.4. The molecule has 2 aromatic carbocycles. The largest absolute Gasteiger partial charge is 0.354 e. The molecule has 0 radical (unpaired) electrons. The second-order valence-electron chi connectivity index (χ2n) is 11.2. The molecule has 0 aliphatic carbocycles. The zero-order valence-electron chi connectivity index (χ0n) is 24.8. The molecule has 0 atom stereocenters. The minimum Gasteiger partial charge on any atom is -0.354 e. The van der Waals surface area contributed by atoms with Crippen LogP contribution in [0.2, 0.25) is 0 Å². The molecule has 3 heterocycles. The zero-order valence-corrected chi connectivity index (χ0v) is 24.8. The number of aryl methyl sites for hydroxylation is 1. The number of carbonyl (C=O) groups excluding carboxylic acids is 1. The van der Waals surface area contributed by atoms with E-state index >= 15 is 0 Å². The Labute approximate surface area is 244 Å². The molecule has 1 amide bonds. The van der Waals surface area contributed by atoms with Crippen LogP contribution in [-0.2, 0) is 11.2 Å². The Bertz CT molecular complexity index is 1400. The van der Waals surface area contributed by atoms with E-state index < -0.39 is 0 Å². The first-order valence-corrected chi connectivity index (χ1v) is 15.5. The summed E-state index contributed by atoms with van der Waals surface area (Å²) in [6.45, 7) is 7.43. The molecular weight excluding hydrogens is 508 g/mol. The maximum atomic E-state index is 13.1. The Morgan fingerprint density at radius 2 is 1.51 bits per heavy atom. The van der Waals surface area contributed by atoms with E-state index in [-0.39, 0.29) is 0 Å². The minimum absolute atomic E-state index is 0.297. The van der Waals surface area contributed by atoms with Crippen molar-refractivity contribution in [1.29, 1.82) is 0 Å². The number of benzene rings is 2. The summed E-state index contributed by atoms with van der Waals surface area (Å²) in [5.41, 5.74) is 3.92. The van der Waals surface area contributed by atoms with E-state index in [4.69, 9.17) is 15.1 Å². The normalized spacial score (nSPS) is 14.0. The second-order valence-corrected chi connectivity index (χ2v) is 11.2. The van der Waals surface area contributed by atoms with Crippen molar-refractivity contribution in [1.82, 2.24) is 24.6 Å². The summed E-state index contributed by atoms with van der Waals surface area (Å²) in [5.74, 6) is 2.01. The first-order chi connectivity index (χ1) is 20.1. The van der Waals surface area contributed by atoms with Crippen LogP contribution in [0.3, 0.4) is 0 Å². The number of hydrogen-bond donors (Lipinski definition) is 0. The van der Waals surface area contributed by atoms with Crippen LogP contribution >= 0.6 is 0 Å². The molecule has 1 aliphatic rings. The van der Waals surface area contributed by atoms with Crippen molar-refractivity contribution in [2.75, 3.05) is 31.1 Å². The van der Waals surface area contributed by atoms with Crippen LogP contribution in [0.25, 0.3) is 16.7 Å². The monoisotopic (exact) mass is 552 g/mol. The first kappa shape index (κ1) is 28.8. The molecule has 41 heavy (non-hydrogen) atoms. The van der Waals surface area contributed by atoms with Gasteiger partial charge in [0.25, 0.3) is 0 Å². The van der Waals surface area contributed by atoms with Crippen LogP contribution in [0.5, 0.6) is 0 Å². The number of aromatic nitrogens is 4. The van der Waals surface area contributed by atoms with Gasteiger partial charge in [-0.2, -0.15) is 5.10 Å². The van der Waals surface area contributed by atoms with Crippen LogP contribution in [0.4, 0.5) is 5.82 Å². The standard InChI is InChI=1S/C34H44N6O/c1-3-4-5-6-7-8-15-21-31(41)38-22-16-23-39(25-24-38)33-32-27(2)37-40(29-19-13-10-14-20-29)34(32)36-30(35-33)26-28-17-11-9-12-18-28/h9-14,17-20H,3-8,15-16,21-26H2,1-2H3. The van der Waals surface area contributed by atoms with Crippen LogP contribution in [0.15, 0.2) is 60.7 Å². The van der Waals surface area contributed by atoms with E-state index in [1.165, 1.54) is 37.7 Å². The van der Waals surface area contributed by atoms with Crippen LogP contribution in [-0.4, -0.2) is 56.7 Å². The van der Waals surface area contributed by atoms with Crippen molar-refractivity contribution in [2.45, 2.75) is 78.1 Å². The Morgan fingerprint density at radius 1 is 0.805 bits per heavy atom. The molecule has 7 heteroatoms. The number of carbonyl (C=O) groups is 1. The van der Waals surface area contributed by atoms with Crippen LogP contribution < -0.4 is 4.90 Å². The van der Waals surface area contributed by atoms with Gasteiger partial charge in [-0.05, 0) is 37.5 Å². The Hall–Kier alpha value is -3.74. The summed E-state index contributed by atoms with van der Waals surface area (Å²) >= 11 is 0. The predicted octanol–water partition coefficient (Wildman–Crippen LogP) is 6.89. The molecule has 216 valence electrons. The fraction of sp³-hybridized carbons (Fsp3) is 0.471. The lowest BCUT2D eigenvalue weighted by molar-refractivity contribution is -0.131. The highest BCUT2D eigenvalue weighted by Crippen LogP contribution is 2.30. The van der Waals surface area contributed by atoms with Crippen molar-refractivity contribution >= 4 is 22.8 Å². The highest BCUT2D eigenvalue weighted by atomic mass is 16.2. The third kappa shape index (κ3) is 7.32. The van der Waals surface area contributed by atoms with Gasteiger partial charge in [-0.1, -0.05) is 94.0 Å². The Kier molecular flexibility index (Phi) is 10.00. The molecule has 0 saturated carbocycles. The van der Waals surface area contributed by atoms with Crippen LogP contribution in [0, 0.1) is 6.92 Å². The average molecular weight is 553 g/mol. The molecule has 1 saturated heterocycles. The summed E-state index contributed by atoms with van der Waals surface area (Å²) < 4.78 is 1.94. The molecular formula is C34H44N6O. The summed E-state index contributed by atoms with van der Waals surface area (Å²) in [6.07, 6.45) is 10.8. The van der Waals surface area contributed by atoms with Gasteiger partial charge in [0.2, 0.25) is 5.91 Å². The van der Waals surface area contributed by atoms with Gasteiger partial charge in [0.15, 0.2) is 5.65 Å². The molecule has 1 aliphatic heterocycles. The lowest BCUT2D eigenvalue weighted by atomic mass is 10.1. The van der Waals surface area contributed by atoms with E-state index in [1.807, 2.05) is 35.9 Å². The van der Waals surface area contributed by atoms with Gasteiger partial charge in [0, 0.05) is 39.0 Å². The highest BCUT2D eigenvalue weighted by molar-refractivity contribution is 5.91. The van der Waals surface area contributed by atoms with Crippen molar-refractivity contribution in [2.24, 2.45) is 0 Å². The fourth-order valence-electron chi connectivity index (χ4n) is 5.81. The van der Waals surface area contributed by atoms with Crippen molar-refractivity contribution < 1.29 is 4.79 Å². The van der Waals surface area contributed by atoms with Crippen molar-refractivity contribution in [3.8, 4) is 5.69 Å². The smallest absolute Gasteiger partial charge is 0.222 e. The molecule has 4 aromatic rings. The Balaban J connectivity index is 1.35. The molecule has 1 fully saturated rings. The third-order valence-corrected chi connectivity index (χ3v) is 8.08. The van der Waals surface area contributed by atoms with E-state index in [0.717, 1.165) is 79.5 Å². The molecule has 5 rings (SSSR count). The third-order valence-electron chi connectivity index (χ3n) is 8.08. The SMILES string of the molecule is CCCCCCCCCC(=O)N1CCCN(c2nc(Cc3ccccc3)nc3c2c(C)nn3-c2ccccc2)CC1. The first-order valence-electron chi connectivity index (χ1n) is 15.5. The molecule has 0 spiro atoms. The number of para-hydroxylation sites is 1. The number of rotatable bonds is 12. The van der Waals surface area contributed by atoms with E-state index in [9.17, 15) is 4.79 Å². The summed E-state index contributed by atoms with van der Waals surface area (Å²) in [6, 6.07) is 20.6. The summed E-state index contributed by atoms with van der Waals surface area (Å²) in [5, 5.41) is 5.91. The maximum Gasteiger partial charge on any atom is 0.222 e. The molecule has 0 N–H and O–H groups in total. The number of hydrogen-bond acceptors (Lipinski definition) is 5. The van der Waals surface area contributed by atoms with E-state index in [0.29, 0.717) is 18.7 Å². The average Bonchev–Trinajstić information content (AvgIpc) is 3.16. The fourth-order valence-corrected chi connectivity index (χ4v) is 5.81.